The van der Waals surface area contributed by atoms with Crippen molar-refractivity contribution in [1.29, 1.82) is 0 Å². The minimum atomic E-state index is -0.772. The molecular weight excluding hydrogens is 745 g/mol. The number of carbonyl (C=O) groups excluding carboxylic acids is 3. The van der Waals surface area contributed by atoms with Crippen LogP contribution in [0.1, 0.15) is 284 Å². The lowest BCUT2D eigenvalue weighted by atomic mass is 10.0. The molecule has 0 aromatic carbocycles. The van der Waals surface area contributed by atoms with Crippen LogP contribution in [-0.2, 0) is 28.6 Å². The normalized spacial score (nSPS) is 12.1. The molecule has 0 aromatic heterocycles. The smallest absolute Gasteiger partial charge is 0.306 e. The van der Waals surface area contributed by atoms with Crippen molar-refractivity contribution in [3.8, 4) is 0 Å². The van der Waals surface area contributed by atoms with E-state index in [2.05, 4.69) is 45.1 Å². The van der Waals surface area contributed by atoms with Crippen molar-refractivity contribution in [2.75, 3.05) is 13.2 Å². The Morgan fingerprint density at radius 3 is 0.867 bits per heavy atom. The quantitative estimate of drug-likeness (QED) is 0.0263. The van der Waals surface area contributed by atoms with Gasteiger partial charge >= 0.3 is 17.9 Å². The van der Waals surface area contributed by atoms with Gasteiger partial charge in [0.25, 0.3) is 0 Å². The van der Waals surface area contributed by atoms with Crippen molar-refractivity contribution in [1.82, 2.24) is 0 Å². The molecule has 0 heterocycles. The summed E-state index contributed by atoms with van der Waals surface area (Å²) in [6.45, 7) is 6.62. The van der Waals surface area contributed by atoms with Crippen molar-refractivity contribution in [2.24, 2.45) is 0 Å². The number of ether oxygens (including phenoxy) is 3. The van der Waals surface area contributed by atoms with E-state index in [0.29, 0.717) is 19.3 Å². The third-order valence-corrected chi connectivity index (χ3v) is 11.7. The van der Waals surface area contributed by atoms with Crippen molar-refractivity contribution in [2.45, 2.75) is 290 Å². The van der Waals surface area contributed by atoms with E-state index in [1.54, 1.807) is 0 Å². The Morgan fingerprint density at radius 2 is 0.550 bits per heavy atom. The third kappa shape index (κ3) is 46.9. The standard InChI is InChI=1S/C54H100O6/c1-4-7-10-13-16-19-22-25-27-29-32-35-38-41-44-47-53(56)59-50-51(49-58-52(55)46-43-40-37-34-31-24-21-18-15-12-9-6-3)60-54(57)48-45-42-39-36-33-30-28-26-23-20-17-14-11-8-5-2/h18,21,25,27,51H,4-17,19-20,22-24,26,28-50H2,1-3H3/b21-18-,27-25-/t51-/m1/s1. The molecule has 352 valence electrons. The van der Waals surface area contributed by atoms with E-state index in [-0.39, 0.29) is 31.1 Å². The molecule has 0 unspecified atom stereocenters. The summed E-state index contributed by atoms with van der Waals surface area (Å²) in [5.41, 5.74) is 0. The minimum Gasteiger partial charge on any atom is -0.462 e. The fourth-order valence-electron chi connectivity index (χ4n) is 7.67. The second kappa shape index (κ2) is 49.5. The van der Waals surface area contributed by atoms with Crippen LogP contribution >= 0.6 is 0 Å². The summed E-state index contributed by atoms with van der Waals surface area (Å²) in [4.78, 5) is 37.9. The van der Waals surface area contributed by atoms with Crippen LogP contribution in [0.3, 0.4) is 0 Å². The number of carbonyl (C=O) groups is 3. The van der Waals surface area contributed by atoms with Crippen LogP contribution in [0.15, 0.2) is 24.3 Å². The Morgan fingerprint density at radius 1 is 0.317 bits per heavy atom. The first-order chi connectivity index (χ1) is 29.5. The van der Waals surface area contributed by atoms with E-state index in [1.165, 1.54) is 173 Å². The van der Waals surface area contributed by atoms with Gasteiger partial charge in [0, 0.05) is 19.3 Å². The van der Waals surface area contributed by atoms with Crippen molar-refractivity contribution >= 4 is 17.9 Å². The van der Waals surface area contributed by atoms with E-state index in [1.807, 2.05) is 0 Å². The monoisotopic (exact) mass is 845 g/mol. The van der Waals surface area contributed by atoms with Crippen LogP contribution in [0.2, 0.25) is 0 Å². The summed E-state index contributed by atoms with van der Waals surface area (Å²) >= 11 is 0. The maximum absolute atomic E-state index is 12.8. The van der Waals surface area contributed by atoms with Crippen LogP contribution in [0.25, 0.3) is 0 Å². The van der Waals surface area contributed by atoms with Crippen LogP contribution in [0.5, 0.6) is 0 Å². The Labute approximate surface area is 373 Å². The van der Waals surface area contributed by atoms with Gasteiger partial charge in [0.15, 0.2) is 6.10 Å². The first-order valence-electron chi connectivity index (χ1n) is 26.3. The summed E-state index contributed by atoms with van der Waals surface area (Å²) in [5.74, 6) is -0.877. The Bertz CT molecular complexity index is 973. The lowest BCUT2D eigenvalue weighted by molar-refractivity contribution is -0.167. The molecule has 0 radical (unpaired) electrons. The molecular formula is C54H100O6. The minimum absolute atomic E-state index is 0.0746. The average Bonchev–Trinajstić information content (AvgIpc) is 3.24. The van der Waals surface area contributed by atoms with E-state index in [0.717, 1.165) is 70.6 Å². The molecule has 0 spiro atoms. The molecule has 0 saturated heterocycles. The third-order valence-electron chi connectivity index (χ3n) is 11.7. The molecule has 0 aliphatic carbocycles. The predicted octanol–water partition coefficient (Wildman–Crippen LogP) is 17.2. The maximum Gasteiger partial charge on any atom is 0.306 e. The number of allylic oxidation sites excluding steroid dienone is 4. The highest BCUT2D eigenvalue weighted by atomic mass is 16.6. The van der Waals surface area contributed by atoms with Crippen LogP contribution in [0, 0.1) is 0 Å². The van der Waals surface area contributed by atoms with Crippen LogP contribution in [-0.4, -0.2) is 37.2 Å². The van der Waals surface area contributed by atoms with Crippen molar-refractivity contribution in [3.05, 3.63) is 24.3 Å². The molecule has 6 nitrogen and oxygen atoms in total. The summed E-state index contributed by atoms with van der Waals surface area (Å²) in [6.07, 6.45) is 55.8. The molecule has 0 N–H and O–H groups in total. The predicted molar refractivity (Wildman–Crippen MR) is 256 cm³/mol. The van der Waals surface area contributed by atoms with Gasteiger partial charge in [0.05, 0.1) is 0 Å². The summed E-state index contributed by atoms with van der Waals surface area (Å²) in [7, 11) is 0. The fraction of sp³-hybridized carbons (Fsp3) is 0.870. The number of hydrogen-bond acceptors (Lipinski definition) is 6. The number of hydrogen-bond donors (Lipinski definition) is 0. The molecule has 0 saturated carbocycles. The molecule has 0 aliphatic rings. The Balaban J connectivity index is 4.35. The molecule has 0 amide bonds. The second-order valence-electron chi connectivity index (χ2n) is 17.8. The maximum atomic E-state index is 12.8. The van der Waals surface area contributed by atoms with Crippen molar-refractivity contribution in [3.63, 3.8) is 0 Å². The van der Waals surface area contributed by atoms with E-state index in [4.69, 9.17) is 14.2 Å². The largest absolute Gasteiger partial charge is 0.462 e. The summed E-state index contributed by atoms with van der Waals surface area (Å²) in [6, 6.07) is 0. The first kappa shape index (κ1) is 57.9. The zero-order chi connectivity index (χ0) is 43.7. The Hall–Kier alpha value is -2.11. The topological polar surface area (TPSA) is 78.9 Å². The molecule has 1 atom stereocenters. The SMILES string of the molecule is CCCCC/C=C\CCCCCCCC(=O)OC[C@H](COC(=O)CCCCCCC/C=C\CCCCCCCC)OC(=O)CCCCCCCCCCCCCCCCC. The highest BCUT2D eigenvalue weighted by Gasteiger charge is 2.19. The molecule has 0 aliphatic heterocycles. The molecule has 0 fully saturated rings. The van der Waals surface area contributed by atoms with Gasteiger partial charge in [-0.25, -0.2) is 0 Å². The van der Waals surface area contributed by atoms with Gasteiger partial charge in [-0.1, -0.05) is 218 Å². The van der Waals surface area contributed by atoms with E-state index in [9.17, 15) is 14.4 Å². The van der Waals surface area contributed by atoms with Gasteiger partial charge in [-0.3, -0.25) is 14.4 Å². The van der Waals surface area contributed by atoms with E-state index < -0.39 is 6.10 Å². The molecule has 0 rings (SSSR count). The number of rotatable bonds is 48. The molecule has 6 heteroatoms. The summed E-state index contributed by atoms with van der Waals surface area (Å²) < 4.78 is 16.8. The van der Waals surface area contributed by atoms with Crippen molar-refractivity contribution < 1.29 is 28.6 Å². The summed E-state index contributed by atoms with van der Waals surface area (Å²) in [5, 5.41) is 0. The molecule has 0 bridgehead atoms. The van der Waals surface area contributed by atoms with Gasteiger partial charge in [0.2, 0.25) is 0 Å². The Kier molecular flexibility index (Phi) is 47.8. The van der Waals surface area contributed by atoms with Crippen LogP contribution in [0.4, 0.5) is 0 Å². The number of unbranched alkanes of at least 4 members (excludes halogenated alkanes) is 33. The average molecular weight is 845 g/mol. The van der Waals surface area contributed by atoms with Gasteiger partial charge in [-0.05, 0) is 70.6 Å². The highest BCUT2D eigenvalue weighted by molar-refractivity contribution is 5.71. The zero-order valence-electron chi connectivity index (χ0n) is 40.2. The van der Waals surface area contributed by atoms with Gasteiger partial charge in [0.1, 0.15) is 13.2 Å². The van der Waals surface area contributed by atoms with Gasteiger partial charge in [-0.15, -0.1) is 0 Å². The van der Waals surface area contributed by atoms with Crippen LogP contribution < -0.4 is 0 Å². The highest BCUT2D eigenvalue weighted by Crippen LogP contribution is 2.16. The second-order valence-corrected chi connectivity index (χ2v) is 17.8. The lowest BCUT2D eigenvalue weighted by Crippen LogP contribution is -2.30. The van der Waals surface area contributed by atoms with E-state index >= 15 is 0 Å². The fourth-order valence-corrected chi connectivity index (χ4v) is 7.67. The first-order valence-corrected chi connectivity index (χ1v) is 26.3. The zero-order valence-corrected chi connectivity index (χ0v) is 40.2. The number of esters is 3. The van der Waals surface area contributed by atoms with Gasteiger partial charge < -0.3 is 14.2 Å². The van der Waals surface area contributed by atoms with Gasteiger partial charge in [-0.2, -0.15) is 0 Å². The lowest BCUT2D eigenvalue weighted by Gasteiger charge is -2.18. The molecule has 60 heavy (non-hydrogen) atoms. The molecule has 0 aromatic rings.